The Morgan fingerprint density at radius 3 is 3.00 bits per heavy atom. The van der Waals surface area contributed by atoms with Crippen LogP contribution in [0.3, 0.4) is 0 Å². The van der Waals surface area contributed by atoms with E-state index in [-0.39, 0.29) is 12.1 Å². The second kappa shape index (κ2) is 3.31. The van der Waals surface area contributed by atoms with Gasteiger partial charge >= 0.3 is 0 Å². The van der Waals surface area contributed by atoms with Gasteiger partial charge in [0.1, 0.15) is 5.82 Å². The standard InChI is InChI=1S/C8H12BrN3O/c1-5-7(2-3-13-5)12-8(10)6(9)4-11-12/h4-5,7H,2-3,10H2,1H3. The van der Waals surface area contributed by atoms with E-state index in [0.717, 1.165) is 17.5 Å². The van der Waals surface area contributed by atoms with E-state index in [1.165, 1.54) is 0 Å². The van der Waals surface area contributed by atoms with E-state index in [9.17, 15) is 0 Å². The van der Waals surface area contributed by atoms with Gasteiger partial charge in [0.15, 0.2) is 0 Å². The van der Waals surface area contributed by atoms with Gasteiger partial charge in [-0.1, -0.05) is 0 Å². The van der Waals surface area contributed by atoms with E-state index in [2.05, 4.69) is 21.0 Å². The first-order valence-electron chi connectivity index (χ1n) is 4.30. The molecule has 0 aliphatic carbocycles. The predicted molar refractivity (Wildman–Crippen MR) is 53.4 cm³/mol. The van der Waals surface area contributed by atoms with E-state index in [1.54, 1.807) is 6.20 Å². The van der Waals surface area contributed by atoms with E-state index >= 15 is 0 Å². The summed E-state index contributed by atoms with van der Waals surface area (Å²) >= 11 is 3.33. The van der Waals surface area contributed by atoms with Crippen molar-refractivity contribution in [2.75, 3.05) is 12.3 Å². The quantitative estimate of drug-likeness (QED) is 0.818. The zero-order valence-corrected chi connectivity index (χ0v) is 8.99. The highest BCUT2D eigenvalue weighted by atomic mass is 79.9. The second-order valence-electron chi connectivity index (χ2n) is 3.25. The van der Waals surface area contributed by atoms with E-state index < -0.39 is 0 Å². The molecular weight excluding hydrogens is 234 g/mol. The monoisotopic (exact) mass is 245 g/mol. The van der Waals surface area contributed by atoms with Crippen LogP contribution in [0, 0.1) is 0 Å². The normalized spacial score (nSPS) is 28.2. The third kappa shape index (κ3) is 1.46. The van der Waals surface area contributed by atoms with Crippen molar-refractivity contribution in [3.8, 4) is 0 Å². The maximum Gasteiger partial charge on any atom is 0.136 e. The third-order valence-electron chi connectivity index (χ3n) is 2.44. The number of aromatic nitrogens is 2. The lowest BCUT2D eigenvalue weighted by Gasteiger charge is -2.15. The summed E-state index contributed by atoms with van der Waals surface area (Å²) in [5.74, 6) is 0.683. The fourth-order valence-corrected chi connectivity index (χ4v) is 1.93. The van der Waals surface area contributed by atoms with E-state index in [1.807, 2.05) is 11.6 Å². The van der Waals surface area contributed by atoms with Crippen molar-refractivity contribution in [3.05, 3.63) is 10.7 Å². The van der Waals surface area contributed by atoms with Gasteiger partial charge in [0.2, 0.25) is 0 Å². The summed E-state index contributed by atoms with van der Waals surface area (Å²) in [5.41, 5.74) is 5.84. The molecule has 0 amide bonds. The average Bonchev–Trinajstić information content (AvgIpc) is 2.62. The number of nitrogens with two attached hydrogens (primary N) is 1. The molecular formula is C8H12BrN3O. The topological polar surface area (TPSA) is 53.1 Å². The molecule has 1 fully saturated rings. The summed E-state index contributed by atoms with van der Waals surface area (Å²) in [6, 6.07) is 0.284. The molecule has 0 aromatic carbocycles. The lowest BCUT2D eigenvalue weighted by atomic mass is 10.2. The molecule has 1 aliphatic rings. The molecule has 2 rings (SSSR count). The molecule has 0 radical (unpaired) electrons. The van der Waals surface area contributed by atoms with Crippen molar-refractivity contribution in [1.82, 2.24) is 9.78 Å². The summed E-state index contributed by atoms with van der Waals surface area (Å²) < 4.78 is 8.14. The largest absolute Gasteiger partial charge is 0.383 e. The number of halogens is 1. The molecule has 72 valence electrons. The van der Waals surface area contributed by atoms with Crippen molar-refractivity contribution in [2.24, 2.45) is 0 Å². The summed E-state index contributed by atoms with van der Waals surface area (Å²) in [7, 11) is 0. The summed E-state index contributed by atoms with van der Waals surface area (Å²) in [5, 5.41) is 4.21. The van der Waals surface area contributed by atoms with Gasteiger partial charge < -0.3 is 10.5 Å². The van der Waals surface area contributed by atoms with Crippen LogP contribution in [0.5, 0.6) is 0 Å². The SMILES string of the molecule is CC1OCCC1n1ncc(Br)c1N. The van der Waals surface area contributed by atoms with Crippen LogP contribution in [-0.2, 0) is 4.74 Å². The summed E-state index contributed by atoms with van der Waals surface area (Å²) in [6.07, 6.45) is 2.91. The minimum atomic E-state index is 0.203. The van der Waals surface area contributed by atoms with Gasteiger partial charge in [-0.15, -0.1) is 0 Å². The van der Waals surface area contributed by atoms with Crippen molar-refractivity contribution >= 4 is 21.7 Å². The Bertz CT molecular complexity index is 312. The molecule has 1 aliphatic heterocycles. The number of anilines is 1. The molecule has 0 saturated carbocycles. The molecule has 2 N–H and O–H groups in total. The number of nitrogens with zero attached hydrogens (tertiary/aromatic N) is 2. The van der Waals surface area contributed by atoms with Crippen molar-refractivity contribution in [2.45, 2.75) is 25.5 Å². The lowest BCUT2D eigenvalue weighted by Crippen LogP contribution is -2.19. The molecule has 0 spiro atoms. The van der Waals surface area contributed by atoms with Crippen LogP contribution in [0.25, 0.3) is 0 Å². The number of hydrogen-bond acceptors (Lipinski definition) is 3. The zero-order valence-electron chi connectivity index (χ0n) is 7.40. The highest BCUT2D eigenvalue weighted by Crippen LogP contribution is 2.30. The molecule has 4 nitrogen and oxygen atoms in total. The first kappa shape index (κ1) is 9.02. The molecule has 1 aromatic rings. The third-order valence-corrected chi connectivity index (χ3v) is 3.05. The predicted octanol–water partition coefficient (Wildman–Crippen LogP) is 1.58. The molecule has 2 unspecified atom stereocenters. The van der Waals surface area contributed by atoms with E-state index in [4.69, 9.17) is 10.5 Å². The maximum absolute atomic E-state index is 5.84. The molecule has 2 heterocycles. The Morgan fingerprint density at radius 2 is 2.54 bits per heavy atom. The highest BCUT2D eigenvalue weighted by molar-refractivity contribution is 9.10. The maximum atomic E-state index is 5.84. The summed E-state index contributed by atoms with van der Waals surface area (Å²) in [4.78, 5) is 0. The number of ether oxygens (including phenoxy) is 1. The van der Waals surface area contributed by atoms with Crippen molar-refractivity contribution in [3.63, 3.8) is 0 Å². The Labute approximate surface area is 85.2 Å². The van der Waals surface area contributed by atoms with Crippen LogP contribution >= 0.6 is 15.9 Å². The molecule has 1 saturated heterocycles. The van der Waals surface area contributed by atoms with Crippen molar-refractivity contribution < 1.29 is 4.74 Å². The van der Waals surface area contributed by atoms with Crippen LogP contribution in [0.4, 0.5) is 5.82 Å². The smallest absolute Gasteiger partial charge is 0.136 e. The molecule has 13 heavy (non-hydrogen) atoms. The molecule has 5 heteroatoms. The molecule has 0 bridgehead atoms. The van der Waals surface area contributed by atoms with Gasteiger partial charge in [0.05, 0.1) is 22.8 Å². The highest BCUT2D eigenvalue weighted by Gasteiger charge is 2.28. The second-order valence-corrected chi connectivity index (χ2v) is 4.11. The first-order valence-corrected chi connectivity index (χ1v) is 5.09. The van der Waals surface area contributed by atoms with Gasteiger partial charge in [0.25, 0.3) is 0 Å². The Hall–Kier alpha value is -0.550. The zero-order chi connectivity index (χ0) is 9.42. The first-order chi connectivity index (χ1) is 6.20. The van der Waals surface area contributed by atoms with Crippen LogP contribution < -0.4 is 5.73 Å². The van der Waals surface area contributed by atoms with Crippen LogP contribution in [0.15, 0.2) is 10.7 Å². The molecule has 1 aromatic heterocycles. The van der Waals surface area contributed by atoms with Gasteiger partial charge in [-0.25, -0.2) is 4.68 Å². The number of rotatable bonds is 1. The fraction of sp³-hybridized carbons (Fsp3) is 0.625. The minimum absolute atomic E-state index is 0.203. The number of nitrogen functional groups attached to an aromatic ring is 1. The Balaban J connectivity index is 2.29. The van der Waals surface area contributed by atoms with Crippen LogP contribution in [0.2, 0.25) is 0 Å². The Kier molecular flexibility index (Phi) is 2.29. The van der Waals surface area contributed by atoms with Crippen molar-refractivity contribution in [1.29, 1.82) is 0 Å². The minimum Gasteiger partial charge on any atom is -0.383 e. The molecule has 2 atom stereocenters. The van der Waals surface area contributed by atoms with E-state index in [0.29, 0.717) is 5.82 Å². The van der Waals surface area contributed by atoms with Gasteiger partial charge in [-0.3, -0.25) is 0 Å². The lowest BCUT2D eigenvalue weighted by molar-refractivity contribution is 0.105. The summed E-state index contributed by atoms with van der Waals surface area (Å²) in [6.45, 7) is 2.84. The van der Waals surface area contributed by atoms with Gasteiger partial charge in [-0.2, -0.15) is 5.10 Å². The Morgan fingerprint density at radius 1 is 1.77 bits per heavy atom. The number of hydrogen-bond donors (Lipinski definition) is 1. The fourth-order valence-electron chi connectivity index (χ4n) is 1.66. The average molecular weight is 246 g/mol. The van der Waals surface area contributed by atoms with Gasteiger partial charge in [-0.05, 0) is 29.3 Å². The van der Waals surface area contributed by atoms with Crippen LogP contribution in [-0.4, -0.2) is 22.5 Å². The van der Waals surface area contributed by atoms with Crippen LogP contribution in [0.1, 0.15) is 19.4 Å². The van der Waals surface area contributed by atoms with Gasteiger partial charge in [0, 0.05) is 6.61 Å².